The van der Waals surface area contributed by atoms with Crippen molar-refractivity contribution in [2.45, 2.75) is 27.7 Å². The highest BCUT2D eigenvalue weighted by atomic mass is 35.5. The maximum atomic E-state index is 13.7. The average molecular weight is 676 g/mol. The van der Waals surface area contributed by atoms with Gasteiger partial charge in [-0.25, -0.2) is 0 Å². The lowest BCUT2D eigenvalue weighted by molar-refractivity contribution is 0.273. The van der Waals surface area contributed by atoms with Gasteiger partial charge in [0, 0.05) is 32.3 Å². The van der Waals surface area contributed by atoms with Crippen LogP contribution in [-0.4, -0.2) is 13.2 Å². The Bertz CT molecular complexity index is 2190. The maximum Gasteiger partial charge on any atom is 0.204 e. The second-order valence-corrected chi connectivity index (χ2v) is 15.0. The van der Waals surface area contributed by atoms with Gasteiger partial charge >= 0.3 is 0 Å². The lowest BCUT2D eigenvalue weighted by Gasteiger charge is -2.16. The number of benzene rings is 3. The molecule has 0 unspecified atom stereocenters. The third-order valence-electron chi connectivity index (χ3n) is 7.37. The summed E-state index contributed by atoms with van der Waals surface area (Å²) in [5, 5.41) is 6.93. The Balaban J connectivity index is 1.74. The predicted molar refractivity (Wildman–Crippen MR) is 183 cm³/mol. The van der Waals surface area contributed by atoms with Crippen molar-refractivity contribution in [3.63, 3.8) is 0 Å². The number of hydrogen-bond acceptors (Lipinski definition) is 6. The monoisotopic (exact) mass is 674 g/mol. The first-order chi connectivity index (χ1) is 20.0. The van der Waals surface area contributed by atoms with E-state index in [9.17, 15) is 9.59 Å². The largest absolute Gasteiger partial charge is 0.491 e. The van der Waals surface area contributed by atoms with E-state index in [-0.39, 0.29) is 22.7 Å². The molecule has 0 bridgehead atoms. The van der Waals surface area contributed by atoms with E-state index in [1.807, 2.05) is 0 Å². The van der Waals surface area contributed by atoms with Crippen molar-refractivity contribution >= 4 is 131 Å². The minimum atomic E-state index is -0.111. The van der Waals surface area contributed by atoms with Crippen LogP contribution < -0.4 is 20.3 Å². The molecule has 0 spiro atoms. The van der Waals surface area contributed by atoms with Crippen LogP contribution in [0.5, 0.6) is 11.5 Å². The molecule has 10 heteroatoms. The van der Waals surface area contributed by atoms with Gasteiger partial charge in [0.15, 0.2) is 0 Å². The number of rotatable bonds is 6. The molecule has 4 nitrogen and oxygen atoms in total. The van der Waals surface area contributed by atoms with Crippen molar-refractivity contribution in [3.05, 3.63) is 64.8 Å². The van der Waals surface area contributed by atoms with Crippen molar-refractivity contribution in [2.24, 2.45) is 11.8 Å². The zero-order valence-corrected chi connectivity index (χ0v) is 27.5. The van der Waals surface area contributed by atoms with E-state index in [0.717, 1.165) is 30.9 Å². The van der Waals surface area contributed by atoms with Gasteiger partial charge in [-0.1, -0.05) is 74.1 Å². The molecule has 0 N–H and O–H groups in total. The number of hydrogen-bond donors (Lipinski definition) is 0. The Kier molecular flexibility index (Phi) is 6.85. The van der Waals surface area contributed by atoms with Crippen LogP contribution in [0.1, 0.15) is 27.7 Å². The second kappa shape index (κ2) is 10.1. The third kappa shape index (κ3) is 4.06. The lowest BCUT2D eigenvalue weighted by Crippen LogP contribution is -2.07. The summed E-state index contributed by atoms with van der Waals surface area (Å²) in [6.07, 6.45) is 0. The van der Waals surface area contributed by atoms with Gasteiger partial charge in [-0.15, -0.1) is 22.7 Å². The summed E-state index contributed by atoms with van der Waals surface area (Å²) in [5.74, 6) is 1.72. The Morgan fingerprint density at radius 3 is 1.21 bits per heavy atom. The van der Waals surface area contributed by atoms with Crippen molar-refractivity contribution in [3.8, 4) is 11.5 Å². The fourth-order valence-corrected chi connectivity index (χ4v) is 8.78. The fourth-order valence-electron chi connectivity index (χ4n) is 5.58. The summed E-state index contributed by atoms with van der Waals surface area (Å²) in [7, 11) is 0. The molecule has 0 fully saturated rings. The minimum Gasteiger partial charge on any atom is -0.491 e. The Morgan fingerprint density at radius 1 is 0.548 bits per heavy atom. The zero-order valence-electron chi connectivity index (χ0n) is 22.8. The lowest BCUT2D eigenvalue weighted by atomic mass is 10.0. The van der Waals surface area contributed by atoms with Gasteiger partial charge in [-0.2, -0.15) is 0 Å². The van der Waals surface area contributed by atoms with Gasteiger partial charge in [0.25, 0.3) is 0 Å². The van der Waals surface area contributed by atoms with E-state index in [2.05, 4.69) is 27.7 Å². The van der Waals surface area contributed by atoms with Crippen LogP contribution in [0.3, 0.4) is 0 Å². The van der Waals surface area contributed by atoms with Crippen LogP contribution in [0, 0.1) is 11.8 Å². The maximum absolute atomic E-state index is 13.7. The van der Waals surface area contributed by atoms with E-state index in [1.165, 1.54) is 22.7 Å². The van der Waals surface area contributed by atoms with E-state index in [4.69, 9.17) is 55.9 Å². The van der Waals surface area contributed by atoms with E-state index in [0.29, 0.717) is 75.7 Å². The molecule has 0 aliphatic carbocycles. The molecule has 7 rings (SSSR count). The highest BCUT2D eigenvalue weighted by Gasteiger charge is 2.30. The summed E-state index contributed by atoms with van der Waals surface area (Å²) in [4.78, 5) is 27.5. The number of thiophene rings is 2. The number of ether oxygens (including phenoxy) is 2. The standard InChI is InChI=1S/C32H22Cl4O4S2/c1-11(2)9-39-27-23-21-13-5-17(33)19(35)7-15(13)25(37)29(21)42-32(23)28(40-10-12(3)4)24-22-14-6-18(34)20(36)8-16(14)26(38)30(22)41-31(24)27/h5-8,11-12H,9-10H2,1-4H3. The molecule has 0 aliphatic rings. The Hall–Kier alpha value is -2.32. The normalized spacial score (nSPS) is 12.6. The molecular weight excluding hydrogens is 654 g/mol. The second-order valence-electron chi connectivity index (χ2n) is 11.4. The number of fused-ring (bicyclic) bond motifs is 10. The van der Waals surface area contributed by atoms with E-state index < -0.39 is 0 Å². The molecule has 0 saturated heterocycles. The van der Waals surface area contributed by atoms with Gasteiger partial charge < -0.3 is 9.47 Å². The SMILES string of the molecule is CC(C)COc1c2sc3c(=O)c4cc(Cl)c(Cl)cc4c3c2c(OCC(C)C)c2sc3c(=O)c4cc(Cl)c(Cl)cc4c3c12. The topological polar surface area (TPSA) is 52.6 Å². The van der Waals surface area contributed by atoms with E-state index in [1.54, 1.807) is 24.3 Å². The van der Waals surface area contributed by atoms with Crippen LogP contribution in [0.4, 0.5) is 0 Å². The molecule has 42 heavy (non-hydrogen) atoms. The van der Waals surface area contributed by atoms with Crippen LogP contribution in [0.25, 0.3) is 61.9 Å². The van der Waals surface area contributed by atoms with Crippen molar-refractivity contribution in [1.82, 2.24) is 0 Å². The summed E-state index contributed by atoms with van der Waals surface area (Å²) in [5.41, 5.74) is -0.222. The third-order valence-corrected chi connectivity index (χ3v) is 11.2. The zero-order chi connectivity index (χ0) is 29.8. The quantitative estimate of drug-likeness (QED) is 0.176. The van der Waals surface area contributed by atoms with Gasteiger partial charge in [-0.05, 0) is 46.9 Å². The molecule has 0 saturated carbocycles. The summed E-state index contributed by atoms with van der Waals surface area (Å²) < 4.78 is 15.9. The minimum absolute atomic E-state index is 0.111. The predicted octanol–water partition coefficient (Wildman–Crippen LogP) is 11.0. The fraction of sp³-hybridized carbons (Fsp3) is 0.250. The highest BCUT2D eigenvalue weighted by molar-refractivity contribution is 7.28. The smallest absolute Gasteiger partial charge is 0.204 e. The van der Waals surface area contributed by atoms with Crippen molar-refractivity contribution in [2.75, 3.05) is 13.2 Å². The molecule has 0 radical (unpaired) electrons. The van der Waals surface area contributed by atoms with Crippen molar-refractivity contribution < 1.29 is 9.47 Å². The van der Waals surface area contributed by atoms with Gasteiger partial charge in [0.1, 0.15) is 11.5 Å². The molecule has 0 atom stereocenters. The molecule has 5 aromatic carbocycles. The number of halogens is 4. The van der Waals surface area contributed by atoms with Crippen LogP contribution in [-0.2, 0) is 0 Å². The highest BCUT2D eigenvalue weighted by Crippen LogP contribution is 2.56. The van der Waals surface area contributed by atoms with Crippen LogP contribution in [0.2, 0.25) is 20.1 Å². The molecule has 2 heterocycles. The molecule has 214 valence electrons. The summed E-state index contributed by atoms with van der Waals surface area (Å²) in [6, 6.07) is 6.77. The van der Waals surface area contributed by atoms with Gasteiger partial charge in [0.2, 0.25) is 10.9 Å². The molecule has 0 aliphatic heterocycles. The van der Waals surface area contributed by atoms with Gasteiger partial charge in [0.05, 0.1) is 52.1 Å². The molecular formula is C32H22Cl4O4S2. The average Bonchev–Trinajstić information content (AvgIpc) is 3.64. The van der Waals surface area contributed by atoms with Gasteiger partial charge in [-0.3, -0.25) is 9.59 Å². The Morgan fingerprint density at radius 2 is 0.881 bits per heavy atom. The Labute approximate surface area is 267 Å². The first kappa shape index (κ1) is 28.5. The molecule has 2 aromatic heterocycles. The molecule has 7 aromatic rings. The molecule has 0 amide bonds. The summed E-state index contributed by atoms with van der Waals surface area (Å²) >= 11 is 28.3. The summed E-state index contributed by atoms with van der Waals surface area (Å²) in [6.45, 7) is 9.19. The first-order valence-corrected chi connectivity index (χ1v) is 16.5. The van der Waals surface area contributed by atoms with Crippen molar-refractivity contribution in [1.29, 1.82) is 0 Å². The van der Waals surface area contributed by atoms with Crippen LogP contribution >= 0.6 is 69.1 Å². The first-order valence-electron chi connectivity index (χ1n) is 13.4. The van der Waals surface area contributed by atoms with Crippen LogP contribution in [0.15, 0.2) is 33.9 Å². The van der Waals surface area contributed by atoms with E-state index >= 15 is 0 Å².